The number of nitrogens with zero attached hydrogens (tertiary/aromatic N) is 3. The zero-order chi connectivity index (χ0) is 21.7. The fourth-order valence-electron chi connectivity index (χ4n) is 4.01. The summed E-state index contributed by atoms with van der Waals surface area (Å²) in [5.41, 5.74) is 9.19. The molecule has 31 heavy (non-hydrogen) atoms. The van der Waals surface area contributed by atoms with Gasteiger partial charge in [0.1, 0.15) is 5.82 Å². The molecule has 2 aromatic heterocycles. The SMILES string of the molecule is Cc1ccc(-c2nc(-c3ccc4c(c3)n(C)c(=O)n4C)[nH]c2-c2ccc(C)cc2)cc1. The standard InChI is InChI=1S/C26H24N4O/c1-16-5-9-18(10-6-16)23-24(19-11-7-17(2)8-12-19)28-25(27-23)20-13-14-21-22(15-20)30(4)26(31)29(21)3/h5-15H,1-4H3,(H,27,28). The van der Waals surface area contributed by atoms with Crippen molar-refractivity contribution in [2.24, 2.45) is 14.1 Å². The first kappa shape index (κ1) is 19.1. The number of fused-ring (bicyclic) bond motifs is 1. The number of hydrogen-bond acceptors (Lipinski definition) is 2. The Kier molecular flexibility index (Phi) is 4.40. The maximum Gasteiger partial charge on any atom is 0.328 e. The highest BCUT2D eigenvalue weighted by Crippen LogP contribution is 2.34. The minimum absolute atomic E-state index is 0.0349. The van der Waals surface area contributed by atoms with Gasteiger partial charge in [0.15, 0.2) is 0 Å². The van der Waals surface area contributed by atoms with Gasteiger partial charge >= 0.3 is 5.69 Å². The van der Waals surface area contributed by atoms with E-state index < -0.39 is 0 Å². The zero-order valence-electron chi connectivity index (χ0n) is 18.1. The van der Waals surface area contributed by atoms with Crippen LogP contribution in [0.4, 0.5) is 0 Å². The molecule has 5 aromatic rings. The fourth-order valence-corrected chi connectivity index (χ4v) is 4.01. The summed E-state index contributed by atoms with van der Waals surface area (Å²) in [4.78, 5) is 20.9. The van der Waals surface area contributed by atoms with E-state index in [2.05, 4.69) is 67.4 Å². The van der Waals surface area contributed by atoms with Crippen LogP contribution in [0, 0.1) is 13.8 Å². The first-order chi connectivity index (χ1) is 14.9. The van der Waals surface area contributed by atoms with E-state index in [1.54, 1.807) is 23.2 Å². The second-order valence-corrected chi connectivity index (χ2v) is 8.15. The second kappa shape index (κ2) is 7.13. The molecule has 3 aromatic carbocycles. The number of aromatic amines is 1. The number of H-pyrrole nitrogens is 1. The third kappa shape index (κ3) is 3.19. The molecule has 0 atom stereocenters. The van der Waals surface area contributed by atoms with Crippen molar-refractivity contribution in [1.29, 1.82) is 0 Å². The lowest BCUT2D eigenvalue weighted by Gasteiger charge is -2.04. The summed E-state index contributed by atoms with van der Waals surface area (Å²) in [5, 5.41) is 0. The van der Waals surface area contributed by atoms with Crippen LogP contribution >= 0.6 is 0 Å². The molecule has 0 aliphatic heterocycles. The lowest BCUT2D eigenvalue weighted by molar-refractivity contribution is 0.795. The highest BCUT2D eigenvalue weighted by atomic mass is 16.1. The lowest BCUT2D eigenvalue weighted by Crippen LogP contribution is -2.19. The van der Waals surface area contributed by atoms with Crippen molar-refractivity contribution in [3.8, 4) is 33.9 Å². The zero-order valence-corrected chi connectivity index (χ0v) is 18.1. The third-order valence-electron chi connectivity index (χ3n) is 5.91. The van der Waals surface area contributed by atoms with Crippen LogP contribution in [-0.4, -0.2) is 19.1 Å². The van der Waals surface area contributed by atoms with E-state index in [4.69, 9.17) is 4.98 Å². The number of imidazole rings is 2. The molecule has 0 saturated carbocycles. The molecule has 0 saturated heterocycles. The molecule has 1 N–H and O–H groups in total. The van der Waals surface area contributed by atoms with E-state index >= 15 is 0 Å². The van der Waals surface area contributed by atoms with Gasteiger partial charge in [0.2, 0.25) is 0 Å². The average Bonchev–Trinajstić information content (AvgIpc) is 3.31. The summed E-state index contributed by atoms with van der Waals surface area (Å²) in [5.74, 6) is 0.782. The van der Waals surface area contributed by atoms with Crippen molar-refractivity contribution in [3.05, 3.63) is 88.3 Å². The van der Waals surface area contributed by atoms with Gasteiger partial charge in [0.25, 0.3) is 0 Å². The van der Waals surface area contributed by atoms with E-state index in [-0.39, 0.29) is 5.69 Å². The molecule has 0 unspecified atom stereocenters. The number of aryl methyl sites for hydroxylation is 4. The molecule has 0 bridgehead atoms. The molecule has 0 amide bonds. The van der Waals surface area contributed by atoms with Gasteiger partial charge < -0.3 is 4.98 Å². The Balaban J connectivity index is 1.71. The van der Waals surface area contributed by atoms with E-state index in [1.807, 2.05) is 18.2 Å². The Hall–Kier alpha value is -3.86. The third-order valence-corrected chi connectivity index (χ3v) is 5.91. The Morgan fingerprint density at radius 3 is 1.90 bits per heavy atom. The summed E-state index contributed by atoms with van der Waals surface area (Å²) >= 11 is 0. The number of nitrogens with one attached hydrogen (secondary N) is 1. The molecule has 5 nitrogen and oxygen atoms in total. The van der Waals surface area contributed by atoms with Gasteiger partial charge in [-0.05, 0) is 32.0 Å². The first-order valence-electron chi connectivity index (χ1n) is 10.3. The summed E-state index contributed by atoms with van der Waals surface area (Å²) in [6.07, 6.45) is 0. The number of rotatable bonds is 3. The van der Waals surface area contributed by atoms with E-state index in [0.717, 1.165) is 44.9 Å². The van der Waals surface area contributed by atoms with E-state index in [0.29, 0.717) is 0 Å². The van der Waals surface area contributed by atoms with Crippen molar-refractivity contribution in [2.45, 2.75) is 13.8 Å². The van der Waals surface area contributed by atoms with Crippen molar-refractivity contribution in [3.63, 3.8) is 0 Å². The predicted octanol–water partition coefficient (Wildman–Crippen LogP) is 5.22. The van der Waals surface area contributed by atoms with Crippen molar-refractivity contribution in [1.82, 2.24) is 19.1 Å². The molecule has 154 valence electrons. The summed E-state index contributed by atoms with van der Waals surface area (Å²) in [7, 11) is 3.59. The molecule has 5 rings (SSSR count). The van der Waals surface area contributed by atoms with Gasteiger partial charge in [-0.3, -0.25) is 9.13 Å². The van der Waals surface area contributed by atoms with Crippen LogP contribution in [0.25, 0.3) is 44.9 Å². The summed E-state index contributed by atoms with van der Waals surface area (Å²) in [6, 6.07) is 22.9. The summed E-state index contributed by atoms with van der Waals surface area (Å²) < 4.78 is 3.33. The van der Waals surface area contributed by atoms with E-state index in [9.17, 15) is 4.79 Å². The molecular weight excluding hydrogens is 384 g/mol. The van der Waals surface area contributed by atoms with Gasteiger partial charge in [0.05, 0.1) is 22.4 Å². The molecule has 0 radical (unpaired) electrons. The average molecular weight is 409 g/mol. The highest BCUT2D eigenvalue weighted by Gasteiger charge is 2.17. The Labute approximate surface area is 180 Å². The van der Waals surface area contributed by atoms with Crippen molar-refractivity contribution in [2.75, 3.05) is 0 Å². The molecule has 0 fully saturated rings. The number of aromatic nitrogens is 4. The van der Waals surface area contributed by atoms with Crippen LogP contribution in [0.3, 0.4) is 0 Å². The van der Waals surface area contributed by atoms with E-state index in [1.165, 1.54) is 11.1 Å². The Morgan fingerprint density at radius 1 is 0.710 bits per heavy atom. The van der Waals surface area contributed by atoms with Crippen LogP contribution < -0.4 is 5.69 Å². The largest absolute Gasteiger partial charge is 0.337 e. The monoisotopic (exact) mass is 408 g/mol. The minimum Gasteiger partial charge on any atom is -0.337 e. The topological polar surface area (TPSA) is 55.6 Å². The van der Waals surface area contributed by atoms with Gasteiger partial charge in [0, 0.05) is 30.8 Å². The van der Waals surface area contributed by atoms with Crippen molar-refractivity contribution < 1.29 is 0 Å². The Morgan fingerprint density at radius 2 is 1.26 bits per heavy atom. The Bertz CT molecular complexity index is 1400. The van der Waals surface area contributed by atoms with Crippen LogP contribution in [0.1, 0.15) is 11.1 Å². The maximum atomic E-state index is 12.3. The first-order valence-corrected chi connectivity index (χ1v) is 10.3. The normalized spacial score (nSPS) is 11.4. The molecule has 0 aliphatic rings. The maximum absolute atomic E-state index is 12.3. The van der Waals surface area contributed by atoms with Gasteiger partial charge in [-0.15, -0.1) is 0 Å². The van der Waals surface area contributed by atoms with Crippen LogP contribution in [0.5, 0.6) is 0 Å². The van der Waals surface area contributed by atoms with Crippen LogP contribution in [0.15, 0.2) is 71.5 Å². The lowest BCUT2D eigenvalue weighted by atomic mass is 10.0. The number of hydrogen-bond donors (Lipinski definition) is 1. The number of benzene rings is 3. The minimum atomic E-state index is -0.0349. The molecule has 0 aliphatic carbocycles. The fraction of sp³-hybridized carbons (Fsp3) is 0.154. The van der Waals surface area contributed by atoms with Crippen LogP contribution in [0.2, 0.25) is 0 Å². The van der Waals surface area contributed by atoms with Crippen LogP contribution in [-0.2, 0) is 14.1 Å². The quantitative estimate of drug-likeness (QED) is 0.445. The van der Waals surface area contributed by atoms with Crippen molar-refractivity contribution >= 4 is 11.0 Å². The van der Waals surface area contributed by atoms with Gasteiger partial charge in [-0.2, -0.15) is 0 Å². The predicted molar refractivity (Wildman–Crippen MR) is 126 cm³/mol. The molecule has 5 heteroatoms. The second-order valence-electron chi connectivity index (χ2n) is 8.15. The highest BCUT2D eigenvalue weighted by molar-refractivity contribution is 5.85. The van der Waals surface area contributed by atoms with Gasteiger partial charge in [-0.1, -0.05) is 59.7 Å². The smallest absolute Gasteiger partial charge is 0.328 e. The molecule has 0 spiro atoms. The van der Waals surface area contributed by atoms with Gasteiger partial charge in [-0.25, -0.2) is 9.78 Å². The summed E-state index contributed by atoms with van der Waals surface area (Å²) in [6.45, 7) is 4.17. The molecule has 2 heterocycles. The molecular formula is C26H24N4O.